The van der Waals surface area contributed by atoms with Gasteiger partial charge in [0.15, 0.2) is 5.84 Å². The fourth-order valence-electron chi connectivity index (χ4n) is 7.41. The van der Waals surface area contributed by atoms with Gasteiger partial charge in [0.2, 0.25) is 0 Å². The number of hydrogen-bond donors (Lipinski definition) is 2. The molecule has 0 spiro atoms. The van der Waals surface area contributed by atoms with E-state index >= 15 is 0 Å². The molecule has 1 amide bonds. The molecule has 1 saturated carbocycles. The van der Waals surface area contributed by atoms with Crippen LogP contribution < -0.4 is 25.8 Å². The summed E-state index contributed by atoms with van der Waals surface area (Å²) in [5, 5.41) is 6.33. The number of ether oxygens (including phenoxy) is 5. The Labute approximate surface area is 317 Å². The van der Waals surface area contributed by atoms with Gasteiger partial charge in [0.1, 0.15) is 29.3 Å². The van der Waals surface area contributed by atoms with Gasteiger partial charge >= 0.3 is 12.1 Å². The molecule has 2 fully saturated rings. The van der Waals surface area contributed by atoms with Gasteiger partial charge in [-0.15, -0.1) is 5.10 Å². The summed E-state index contributed by atoms with van der Waals surface area (Å²) in [6, 6.07) is 19.3. The molecule has 1 saturated heterocycles. The maximum Gasteiger partial charge on any atom is 0.410 e. The van der Waals surface area contributed by atoms with Crippen LogP contribution in [0.25, 0.3) is 0 Å². The average Bonchev–Trinajstić information content (AvgIpc) is 3.18. The number of nitrogens with two attached hydrogens (primary N) is 2. The fraction of sp³-hybridized carbons (Fsp3) is 0.475. The number of fused-ring (bicyclic) bond motifs is 1. The molecule has 13 heteroatoms. The minimum absolute atomic E-state index is 0.0838. The second kappa shape index (κ2) is 18.4. The molecule has 12 nitrogen and oxygen atoms in total. The molecule has 0 bridgehead atoms. The molecule has 3 aromatic carbocycles. The first-order valence-electron chi connectivity index (χ1n) is 18.2. The quantitative estimate of drug-likeness (QED) is 0.0584. The van der Waals surface area contributed by atoms with Crippen molar-refractivity contribution in [2.45, 2.75) is 70.6 Å². The van der Waals surface area contributed by atoms with Crippen LogP contribution in [0.15, 0.2) is 71.8 Å². The van der Waals surface area contributed by atoms with E-state index in [2.05, 4.69) is 18.9 Å². The number of carbonyl (C=O) groups is 2. The first-order valence-corrected chi connectivity index (χ1v) is 18.6. The van der Waals surface area contributed by atoms with Crippen molar-refractivity contribution in [2.24, 2.45) is 34.4 Å². The van der Waals surface area contributed by atoms with Crippen LogP contribution in [-0.4, -0.2) is 74.5 Å². The SMILES string of the molecule is CCC(CC)COC(=O)[C@@H]1C[C@H]2C[C@@H](Oc3cccc(Cl)c3/C(N)=N/N(N)C(c3ccc(OC)cc3)c3ccc(OC)cc3)CCC2CN1C(=O)OC. The summed E-state index contributed by atoms with van der Waals surface area (Å²) in [4.78, 5) is 27.7. The molecular weight excluding hydrogens is 698 g/mol. The van der Waals surface area contributed by atoms with E-state index in [1.807, 2.05) is 54.6 Å². The highest BCUT2D eigenvalue weighted by Crippen LogP contribution is 2.41. The number of piperidine rings is 1. The summed E-state index contributed by atoms with van der Waals surface area (Å²) < 4.78 is 28.2. The third-order valence-corrected chi connectivity index (χ3v) is 10.9. The lowest BCUT2D eigenvalue weighted by molar-refractivity contribution is -0.154. The molecule has 53 heavy (non-hydrogen) atoms. The monoisotopic (exact) mass is 749 g/mol. The molecule has 0 radical (unpaired) electrons. The van der Waals surface area contributed by atoms with Gasteiger partial charge in [0.25, 0.3) is 0 Å². The highest BCUT2D eigenvalue weighted by Gasteiger charge is 2.45. The number of amidine groups is 1. The number of esters is 1. The topological polar surface area (TPSA) is 151 Å². The van der Waals surface area contributed by atoms with Crippen molar-refractivity contribution in [2.75, 3.05) is 34.5 Å². The highest BCUT2D eigenvalue weighted by molar-refractivity contribution is 6.34. The lowest BCUT2D eigenvalue weighted by Crippen LogP contribution is -2.55. The molecular formula is C40H52ClN5O7. The van der Waals surface area contributed by atoms with Crippen molar-refractivity contribution in [1.29, 1.82) is 0 Å². The minimum Gasteiger partial charge on any atom is -0.497 e. The van der Waals surface area contributed by atoms with Crippen LogP contribution in [0.2, 0.25) is 5.02 Å². The van der Waals surface area contributed by atoms with Gasteiger partial charge in [-0.3, -0.25) is 4.90 Å². The third kappa shape index (κ3) is 9.47. The van der Waals surface area contributed by atoms with Crippen molar-refractivity contribution in [3.63, 3.8) is 0 Å². The normalized spacial score (nSPS) is 20.1. The summed E-state index contributed by atoms with van der Waals surface area (Å²) >= 11 is 6.77. The molecule has 1 heterocycles. The Hall–Kier alpha value is -4.68. The predicted molar refractivity (Wildman–Crippen MR) is 204 cm³/mol. The van der Waals surface area contributed by atoms with Crippen molar-refractivity contribution >= 4 is 29.5 Å². The number of hydrazone groups is 1. The van der Waals surface area contributed by atoms with Crippen LogP contribution in [0.4, 0.5) is 4.79 Å². The number of hydrazine groups is 1. The van der Waals surface area contributed by atoms with Crippen molar-refractivity contribution < 1.29 is 33.3 Å². The zero-order valence-electron chi connectivity index (χ0n) is 31.2. The number of rotatable bonds is 14. The van der Waals surface area contributed by atoms with Gasteiger partial charge in [-0.05, 0) is 91.0 Å². The number of nitrogens with zero attached hydrogens (tertiary/aromatic N) is 3. The van der Waals surface area contributed by atoms with E-state index in [9.17, 15) is 9.59 Å². The summed E-state index contributed by atoms with van der Waals surface area (Å²) in [6.07, 6.45) is 3.81. The number of methoxy groups -OCH3 is 3. The van der Waals surface area contributed by atoms with E-state index in [4.69, 9.17) is 46.9 Å². The molecule has 2 aliphatic rings. The van der Waals surface area contributed by atoms with Crippen LogP contribution in [0.1, 0.15) is 75.1 Å². The Kier molecular flexibility index (Phi) is 13.7. The molecule has 1 aliphatic heterocycles. The zero-order chi connectivity index (χ0) is 38.1. The van der Waals surface area contributed by atoms with Gasteiger partial charge in [0.05, 0.1) is 44.6 Å². The smallest absolute Gasteiger partial charge is 0.410 e. The minimum atomic E-state index is -0.721. The highest BCUT2D eigenvalue weighted by atomic mass is 35.5. The molecule has 4 N–H and O–H groups in total. The first kappa shape index (κ1) is 39.5. The van der Waals surface area contributed by atoms with Crippen molar-refractivity contribution in [3.05, 3.63) is 88.4 Å². The average molecular weight is 750 g/mol. The second-order valence-corrected chi connectivity index (χ2v) is 14.1. The van der Waals surface area contributed by atoms with E-state index in [0.29, 0.717) is 53.8 Å². The standard InChI is InChI=1S/C40H52ClN5O7/c1-6-25(7-2)24-52-39(47)34-22-29-21-32(20-15-28(29)23-45(34)40(48)51-5)53-35-10-8-9-33(41)36(35)38(42)44-46(43)37(26-11-16-30(49-3)17-12-26)27-13-18-31(50-4)19-14-27/h8-14,16-19,25,28-29,32,34,37H,6-7,15,20-24,43H2,1-5H3,(H2,42,44)/t28?,29-,32+,34+/m1/s1. The molecule has 286 valence electrons. The summed E-state index contributed by atoms with van der Waals surface area (Å²) in [5.74, 6) is 8.89. The number of carbonyl (C=O) groups excluding carboxylic acids is 2. The van der Waals surface area contributed by atoms with Gasteiger partial charge in [-0.2, -0.15) is 0 Å². The number of likely N-dealkylation sites (tertiary alicyclic amines) is 1. The largest absolute Gasteiger partial charge is 0.497 e. The summed E-state index contributed by atoms with van der Waals surface area (Å²) in [7, 11) is 4.57. The Morgan fingerprint density at radius 2 is 1.53 bits per heavy atom. The number of halogens is 1. The number of amides is 1. The van der Waals surface area contributed by atoms with Crippen LogP contribution >= 0.6 is 11.6 Å². The van der Waals surface area contributed by atoms with Crippen molar-refractivity contribution in [1.82, 2.24) is 10.0 Å². The van der Waals surface area contributed by atoms with E-state index in [1.165, 1.54) is 17.1 Å². The summed E-state index contributed by atoms with van der Waals surface area (Å²) in [6.45, 7) is 4.91. The molecule has 5 rings (SSSR count). The molecule has 3 aromatic rings. The Morgan fingerprint density at radius 1 is 0.906 bits per heavy atom. The molecule has 0 aromatic heterocycles. The van der Waals surface area contributed by atoms with Gasteiger partial charge < -0.3 is 29.4 Å². The lowest BCUT2D eigenvalue weighted by Gasteiger charge is -2.46. The van der Waals surface area contributed by atoms with Gasteiger partial charge in [-0.1, -0.05) is 68.6 Å². The van der Waals surface area contributed by atoms with E-state index < -0.39 is 18.2 Å². The summed E-state index contributed by atoms with van der Waals surface area (Å²) in [5.41, 5.74) is 8.84. The van der Waals surface area contributed by atoms with E-state index in [-0.39, 0.29) is 35.7 Å². The maximum atomic E-state index is 13.4. The van der Waals surface area contributed by atoms with Crippen LogP contribution in [0.5, 0.6) is 17.2 Å². The van der Waals surface area contributed by atoms with Crippen LogP contribution in [-0.2, 0) is 14.3 Å². The van der Waals surface area contributed by atoms with Crippen molar-refractivity contribution in [3.8, 4) is 17.2 Å². The van der Waals surface area contributed by atoms with E-state index in [0.717, 1.165) is 36.8 Å². The predicted octanol–water partition coefficient (Wildman–Crippen LogP) is 6.93. The molecule has 1 aliphatic carbocycles. The lowest BCUT2D eigenvalue weighted by atomic mass is 9.72. The Bertz CT molecular complexity index is 1650. The van der Waals surface area contributed by atoms with Gasteiger partial charge in [-0.25, -0.2) is 20.5 Å². The zero-order valence-corrected chi connectivity index (χ0v) is 32.0. The first-order chi connectivity index (χ1) is 25.6. The van der Waals surface area contributed by atoms with Crippen LogP contribution in [0, 0.1) is 17.8 Å². The number of benzene rings is 3. The number of hydrogen-bond acceptors (Lipinski definition) is 10. The Balaban J connectivity index is 1.35. The van der Waals surface area contributed by atoms with E-state index in [1.54, 1.807) is 26.4 Å². The fourth-order valence-corrected chi connectivity index (χ4v) is 7.67. The molecule has 1 unspecified atom stereocenters. The molecule has 4 atom stereocenters. The second-order valence-electron chi connectivity index (χ2n) is 13.7. The maximum absolute atomic E-state index is 13.4. The van der Waals surface area contributed by atoms with Crippen LogP contribution in [0.3, 0.4) is 0 Å². The third-order valence-electron chi connectivity index (χ3n) is 10.6. The van der Waals surface area contributed by atoms with Gasteiger partial charge in [0, 0.05) is 6.54 Å². The Morgan fingerprint density at radius 3 is 2.09 bits per heavy atom.